The number of benzene rings is 1. The summed E-state index contributed by atoms with van der Waals surface area (Å²) in [5.74, 6) is 0.981. The maximum absolute atomic E-state index is 8.97. The van der Waals surface area contributed by atoms with Crippen molar-refractivity contribution in [2.45, 2.75) is 26.7 Å². The predicted octanol–water partition coefficient (Wildman–Crippen LogP) is 5.05. The second-order valence-electron chi connectivity index (χ2n) is 5.72. The molecule has 0 N–H and O–H groups in total. The Hall–Kier alpha value is -3.00. The first-order valence-corrected chi connectivity index (χ1v) is 7.49. The SMILES string of the molecule is Cc1cccn2c(N=Nc3cccc(C#N)c3)c(C(C)C)nc12. The molecule has 1 aromatic carbocycles. The first-order chi connectivity index (χ1) is 11.1. The van der Waals surface area contributed by atoms with E-state index in [9.17, 15) is 0 Å². The van der Waals surface area contributed by atoms with Crippen LogP contribution in [0.15, 0.2) is 52.8 Å². The smallest absolute Gasteiger partial charge is 0.183 e. The first-order valence-electron chi connectivity index (χ1n) is 7.49. The van der Waals surface area contributed by atoms with Crippen molar-refractivity contribution in [1.29, 1.82) is 5.26 Å². The minimum atomic E-state index is 0.244. The molecule has 0 bridgehead atoms. The van der Waals surface area contributed by atoms with Crippen LogP contribution >= 0.6 is 0 Å². The summed E-state index contributed by atoms with van der Waals surface area (Å²) in [6.07, 6.45) is 1.95. The van der Waals surface area contributed by atoms with E-state index in [2.05, 4.69) is 30.1 Å². The van der Waals surface area contributed by atoms with Crippen LogP contribution in [-0.2, 0) is 0 Å². The van der Waals surface area contributed by atoms with Gasteiger partial charge in [-0.05, 0) is 42.7 Å². The summed E-state index contributed by atoms with van der Waals surface area (Å²) >= 11 is 0. The number of pyridine rings is 1. The molecule has 0 atom stereocenters. The zero-order valence-electron chi connectivity index (χ0n) is 13.4. The molecule has 0 amide bonds. The quantitative estimate of drug-likeness (QED) is 0.635. The lowest BCUT2D eigenvalue weighted by Gasteiger charge is -2.01. The van der Waals surface area contributed by atoms with Crippen LogP contribution in [-0.4, -0.2) is 9.38 Å². The topological polar surface area (TPSA) is 65.8 Å². The number of aryl methyl sites for hydroxylation is 1. The molecule has 0 saturated carbocycles. The zero-order chi connectivity index (χ0) is 16.4. The van der Waals surface area contributed by atoms with Crippen LogP contribution in [0.25, 0.3) is 5.65 Å². The van der Waals surface area contributed by atoms with Crippen LogP contribution < -0.4 is 0 Å². The molecular formula is C18H17N5. The number of hydrogen-bond donors (Lipinski definition) is 0. The minimum absolute atomic E-state index is 0.244. The van der Waals surface area contributed by atoms with Gasteiger partial charge in [-0.3, -0.25) is 4.40 Å². The molecule has 0 aliphatic rings. The molecule has 3 rings (SSSR count). The Labute approximate surface area is 134 Å². The number of nitriles is 1. The summed E-state index contributed by atoms with van der Waals surface area (Å²) in [6.45, 7) is 6.21. The molecule has 0 spiro atoms. The van der Waals surface area contributed by atoms with Crippen LogP contribution in [0.2, 0.25) is 0 Å². The maximum atomic E-state index is 8.97. The maximum Gasteiger partial charge on any atom is 0.183 e. The van der Waals surface area contributed by atoms with Crippen molar-refractivity contribution < 1.29 is 0 Å². The molecule has 0 fully saturated rings. The van der Waals surface area contributed by atoms with Crippen LogP contribution in [0.4, 0.5) is 11.5 Å². The molecule has 23 heavy (non-hydrogen) atoms. The average molecular weight is 303 g/mol. The molecule has 2 heterocycles. The van der Waals surface area contributed by atoms with E-state index in [1.807, 2.05) is 35.7 Å². The fourth-order valence-electron chi connectivity index (χ4n) is 2.44. The van der Waals surface area contributed by atoms with Crippen molar-refractivity contribution in [1.82, 2.24) is 9.38 Å². The van der Waals surface area contributed by atoms with Gasteiger partial charge in [-0.25, -0.2) is 4.98 Å². The second-order valence-corrected chi connectivity index (χ2v) is 5.72. The van der Waals surface area contributed by atoms with Crippen LogP contribution in [0.5, 0.6) is 0 Å². The van der Waals surface area contributed by atoms with Crippen molar-refractivity contribution in [3.8, 4) is 6.07 Å². The Balaban J connectivity index is 2.11. The second kappa shape index (κ2) is 6.01. The van der Waals surface area contributed by atoms with Crippen molar-refractivity contribution >= 4 is 17.2 Å². The summed E-state index contributed by atoms with van der Waals surface area (Å²) in [5.41, 5.74) is 4.14. The van der Waals surface area contributed by atoms with Gasteiger partial charge in [-0.15, -0.1) is 10.2 Å². The Bertz CT molecular complexity index is 928. The lowest BCUT2D eigenvalue weighted by Crippen LogP contribution is -1.87. The summed E-state index contributed by atoms with van der Waals surface area (Å²) < 4.78 is 1.96. The van der Waals surface area contributed by atoms with E-state index in [4.69, 9.17) is 10.2 Å². The molecule has 0 unspecified atom stereocenters. The fourth-order valence-corrected chi connectivity index (χ4v) is 2.44. The molecular weight excluding hydrogens is 286 g/mol. The lowest BCUT2D eigenvalue weighted by atomic mass is 10.1. The van der Waals surface area contributed by atoms with Gasteiger partial charge in [0.25, 0.3) is 0 Å². The number of fused-ring (bicyclic) bond motifs is 1. The van der Waals surface area contributed by atoms with Crippen molar-refractivity contribution in [2.24, 2.45) is 10.2 Å². The molecule has 114 valence electrons. The summed E-state index contributed by atoms with van der Waals surface area (Å²) in [4.78, 5) is 4.71. The third kappa shape index (κ3) is 2.84. The summed E-state index contributed by atoms with van der Waals surface area (Å²) in [5, 5.41) is 17.7. The lowest BCUT2D eigenvalue weighted by molar-refractivity contribution is 0.831. The standard InChI is InChI=1S/C18H17N5/c1-12(2)16-18(23-9-5-6-13(3)17(23)20-16)22-21-15-8-4-7-14(10-15)11-19/h4-10,12H,1-3H3. The van der Waals surface area contributed by atoms with Gasteiger partial charge in [0.2, 0.25) is 0 Å². The van der Waals surface area contributed by atoms with Crippen LogP contribution in [0.3, 0.4) is 0 Å². The van der Waals surface area contributed by atoms with Crippen molar-refractivity contribution in [3.05, 3.63) is 59.4 Å². The number of rotatable bonds is 3. The third-order valence-corrected chi connectivity index (χ3v) is 3.63. The molecule has 0 aliphatic heterocycles. The van der Waals surface area contributed by atoms with Gasteiger partial charge in [-0.1, -0.05) is 26.0 Å². The Morgan fingerprint density at radius 3 is 2.74 bits per heavy atom. The van der Waals surface area contributed by atoms with Gasteiger partial charge < -0.3 is 0 Å². The van der Waals surface area contributed by atoms with E-state index in [0.29, 0.717) is 11.3 Å². The van der Waals surface area contributed by atoms with Gasteiger partial charge in [0.15, 0.2) is 5.82 Å². The Morgan fingerprint density at radius 1 is 1.17 bits per heavy atom. The molecule has 5 heteroatoms. The number of hydrogen-bond acceptors (Lipinski definition) is 4. The zero-order valence-corrected chi connectivity index (χ0v) is 13.4. The van der Waals surface area contributed by atoms with Gasteiger partial charge in [0.1, 0.15) is 5.65 Å². The highest BCUT2D eigenvalue weighted by atomic mass is 15.2. The molecule has 3 aromatic rings. The largest absolute Gasteiger partial charge is 0.283 e. The van der Waals surface area contributed by atoms with Crippen LogP contribution in [0, 0.1) is 18.3 Å². The van der Waals surface area contributed by atoms with Gasteiger partial charge in [0.05, 0.1) is 23.0 Å². The molecule has 2 aromatic heterocycles. The molecule has 0 saturated heterocycles. The first kappa shape index (κ1) is 14.9. The van der Waals surface area contributed by atoms with E-state index in [-0.39, 0.29) is 5.92 Å². The number of aromatic nitrogens is 2. The van der Waals surface area contributed by atoms with Gasteiger partial charge in [0, 0.05) is 6.20 Å². The highest BCUT2D eigenvalue weighted by Crippen LogP contribution is 2.30. The van der Waals surface area contributed by atoms with E-state index in [1.54, 1.807) is 18.2 Å². The molecule has 5 nitrogen and oxygen atoms in total. The molecule has 0 radical (unpaired) electrons. The van der Waals surface area contributed by atoms with E-state index < -0.39 is 0 Å². The monoisotopic (exact) mass is 303 g/mol. The van der Waals surface area contributed by atoms with Crippen LogP contribution in [0.1, 0.15) is 36.6 Å². The Kier molecular flexibility index (Phi) is 3.90. The van der Waals surface area contributed by atoms with Crippen molar-refractivity contribution in [2.75, 3.05) is 0 Å². The van der Waals surface area contributed by atoms with Gasteiger partial charge in [-0.2, -0.15) is 5.26 Å². The summed E-state index contributed by atoms with van der Waals surface area (Å²) in [6, 6.07) is 13.2. The Morgan fingerprint density at radius 2 is 2.00 bits per heavy atom. The van der Waals surface area contributed by atoms with E-state index >= 15 is 0 Å². The van der Waals surface area contributed by atoms with E-state index in [1.165, 1.54) is 0 Å². The number of nitrogens with zero attached hydrogens (tertiary/aromatic N) is 5. The third-order valence-electron chi connectivity index (χ3n) is 3.63. The van der Waals surface area contributed by atoms with E-state index in [0.717, 1.165) is 22.7 Å². The predicted molar refractivity (Wildman–Crippen MR) is 89.4 cm³/mol. The highest BCUT2D eigenvalue weighted by Gasteiger charge is 2.15. The number of imidazole rings is 1. The highest BCUT2D eigenvalue weighted by molar-refractivity contribution is 5.57. The summed E-state index contributed by atoms with van der Waals surface area (Å²) in [7, 11) is 0. The number of azo groups is 1. The van der Waals surface area contributed by atoms with Gasteiger partial charge >= 0.3 is 0 Å². The minimum Gasteiger partial charge on any atom is -0.283 e. The normalized spacial score (nSPS) is 11.4. The fraction of sp³-hybridized carbons (Fsp3) is 0.222. The van der Waals surface area contributed by atoms with Crippen molar-refractivity contribution in [3.63, 3.8) is 0 Å². The molecule has 0 aliphatic carbocycles. The average Bonchev–Trinajstić information content (AvgIpc) is 2.93.